The number of nitrogens with zero attached hydrogens (tertiary/aromatic N) is 2. The average Bonchev–Trinajstić information content (AvgIpc) is 3.45. The van der Waals surface area contributed by atoms with Crippen LogP contribution in [0.3, 0.4) is 0 Å². The summed E-state index contributed by atoms with van der Waals surface area (Å²) in [6.07, 6.45) is 3.23. The van der Waals surface area contributed by atoms with Gasteiger partial charge in [-0.3, -0.25) is 14.3 Å². The Morgan fingerprint density at radius 1 is 1.00 bits per heavy atom. The highest BCUT2D eigenvalue weighted by Crippen LogP contribution is 2.28. The van der Waals surface area contributed by atoms with E-state index in [2.05, 4.69) is 4.72 Å². The molecule has 2 aliphatic heterocycles. The molecular weight excluding hydrogens is 418 g/mol. The summed E-state index contributed by atoms with van der Waals surface area (Å²) in [5, 5.41) is 0. The number of anilines is 2. The van der Waals surface area contributed by atoms with E-state index in [1.165, 1.54) is 25.3 Å². The largest absolute Gasteiger partial charge is 0.496 e. The summed E-state index contributed by atoms with van der Waals surface area (Å²) in [5.41, 5.74) is 1.35. The highest BCUT2D eigenvalue weighted by atomic mass is 32.2. The molecule has 0 unspecified atom stereocenters. The molecular formula is C22H25N3O5S. The Morgan fingerprint density at radius 3 is 2.32 bits per heavy atom. The van der Waals surface area contributed by atoms with Gasteiger partial charge < -0.3 is 14.5 Å². The van der Waals surface area contributed by atoms with Crippen LogP contribution in [0.15, 0.2) is 47.4 Å². The minimum atomic E-state index is -3.92. The summed E-state index contributed by atoms with van der Waals surface area (Å²) in [5.74, 6) is 0.184. The number of carbonyl (C=O) groups is 2. The van der Waals surface area contributed by atoms with Gasteiger partial charge in [-0.2, -0.15) is 0 Å². The molecule has 164 valence electrons. The van der Waals surface area contributed by atoms with Crippen molar-refractivity contribution in [1.82, 2.24) is 4.90 Å². The van der Waals surface area contributed by atoms with Crippen molar-refractivity contribution < 1.29 is 22.7 Å². The van der Waals surface area contributed by atoms with Crippen molar-refractivity contribution in [2.45, 2.75) is 30.6 Å². The zero-order valence-electron chi connectivity index (χ0n) is 17.3. The first-order valence-corrected chi connectivity index (χ1v) is 11.8. The van der Waals surface area contributed by atoms with E-state index in [9.17, 15) is 18.0 Å². The number of amides is 2. The molecule has 9 heteroatoms. The summed E-state index contributed by atoms with van der Waals surface area (Å²) >= 11 is 0. The molecule has 0 aromatic heterocycles. The molecule has 2 aliphatic rings. The van der Waals surface area contributed by atoms with E-state index < -0.39 is 10.0 Å². The van der Waals surface area contributed by atoms with Crippen molar-refractivity contribution >= 4 is 33.2 Å². The SMILES string of the molecule is COc1ccc(S(=O)(=O)Nc2ccc(N3CCCC3=O)cc2)cc1C(=O)N1CCCC1. The molecule has 0 bridgehead atoms. The lowest BCUT2D eigenvalue weighted by Gasteiger charge is -2.18. The molecule has 2 amide bonds. The molecule has 2 heterocycles. The third kappa shape index (κ3) is 4.36. The van der Waals surface area contributed by atoms with E-state index in [1.54, 1.807) is 34.1 Å². The highest BCUT2D eigenvalue weighted by molar-refractivity contribution is 7.92. The van der Waals surface area contributed by atoms with Crippen molar-refractivity contribution in [3.8, 4) is 5.75 Å². The quantitative estimate of drug-likeness (QED) is 0.741. The van der Waals surface area contributed by atoms with Crippen LogP contribution in [0.2, 0.25) is 0 Å². The summed E-state index contributed by atoms with van der Waals surface area (Å²) in [4.78, 5) is 28.1. The van der Waals surface area contributed by atoms with E-state index in [-0.39, 0.29) is 22.3 Å². The third-order valence-corrected chi connectivity index (χ3v) is 6.99. The van der Waals surface area contributed by atoms with Crippen LogP contribution in [-0.4, -0.2) is 51.9 Å². The van der Waals surface area contributed by atoms with Crippen LogP contribution in [0.25, 0.3) is 0 Å². The Morgan fingerprint density at radius 2 is 1.71 bits per heavy atom. The van der Waals surface area contributed by atoms with E-state index in [0.717, 1.165) is 24.9 Å². The maximum absolute atomic E-state index is 12.9. The molecule has 2 aromatic rings. The first-order valence-electron chi connectivity index (χ1n) is 10.3. The lowest BCUT2D eigenvalue weighted by atomic mass is 10.1. The molecule has 4 rings (SSSR count). The summed E-state index contributed by atoms with van der Waals surface area (Å²) in [7, 11) is -2.46. The number of nitrogens with one attached hydrogen (secondary N) is 1. The average molecular weight is 444 g/mol. The van der Waals surface area contributed by atoms with Crippen molar-refractivity contribution in [2.24, 2.45) is 0 Å². The number of sulfonamides is 1. The number of hydrogen-bond acceptors (Lipinski definition) is 5. The maximum atomic E-state index is 12.9. The van der Waals surface area contributed by atoms with E-state index in [4.69, 9.17) is 4.74 Å². The summed E-state index contributed by atoms with van der Waals surface area (Å²) in [6, 6.07) is 11.0. The van der Waals surface area contributed by atoms with Gasteiger partial charge in [0.2, 0.25) is 5.91 Å². The minimum Gasteiger partial charge on any atom is -0.496 e. The topological polar surface area (TPSA) is 96.0 Å². The fraction of sp³-hybridized carbons (Fsp3) is 0.364. The fourth-order valence-corrected chi connectivity index (χ4v) is 5.04. The Kier molecular flexibility index (Phi) is 5.86. The Bertz CT molecular complexity index is 1090. The molecule has 2 saturated heterocycles. The van der Waals surface area contributed by atoms with Gasteiger partial charge in [0, 0.05) is 37.4 Å². The Balaban J connectivity index is 1.56. The van der Waals surface area contributed by atoms with Crippen LogP contribution < -0.4 is 14.4 Å². The maximum Gasteiger partial charge on any atom is 0.261 e. The monoisotopic (exact) mass is 443 g/mol. The van der Waals surface area contributed by atoms with Gasteiger partial charge in [-0.1, -0.05) is 0 Å². The van der Waals surface area contributed by atoms with E-state index in [0.29, 0.717) is 37.5 Å². The van der Waals surface area contributed by atoms with Crippen LogP contribution in [0.5, 0.6) is 5.75 Å². The van der Waals surface area contributed by atoms with Gasteiger partial charge in [0.15, 0.2) is 0 Å². The number of ether oxygens (including phenoxy) is 1. The van der Waals surface area contributed by atoms with Crippen LogP contribution in [0, 0.1) is 0 Å². The molecule has 31 heavy (non-hydrogen) atoms. The molecule has 1 N–H and O–H groups in total. The number of benzene rings is 2. The van der Waals surface area contributed by atoms with Crippen LogP contribution in [-0.2, 0) is 14.8 Å². The number of rotatable bonds is 6. The molecule has 0 radical (unpaired) electrons. The fourth-order valence-electron chi connectivity index (χ4n) is 3.96. The molecule has 2 fully saturated rings. The standard InChI is InChI=1S/C22H25N3O5S/c1-30-20-11-10-18(15-19(20)22(27)24-12-2-3-13-24)31(28,29)23-16-6-8-17(9-7-16)25-14-4-5-21(25)26/h6-11,15,23H,2-5,12-14H2,1H3. The Labute approximate surface area is 181 Å². The number of likely N-dealkylation sites (tertiary alicyclic amines) is 1. The van der Waals surface area contributed by atoms with Gasteiger partial charge in [0.1, 0.15) is 5.75 Å². The van der Waals surface area contributed by atoms with E-state index in [1.807, 2.05) is 0 Å². The van der Waals surface area contributed by atoms with Gasteiger partial charge in [-0.15, -0.1) is 0 Å². The van der Waals surface area contributed by atoms with Crippen LogP contribution >= 0.6 is 0 Å². The lowest BCUT2D eigenvalue weighted by Crippen LogP contribution is -2.28. The van der Waals surface area contributed by atoms with Crippen molar-refractivity contribution in [2.75, 3.05) is 36.4 Å². The van der Waals surface area contributed by atoms with Gasteiger partial charge in [0.25, 0.3) is 15.9 Å². The summed E-state index contributed by atoms with van der Waals surface area (Å²) < 4.78 is 33.7. The molecule has 2 aromatic carbocycles. The van der Waals surface area contributed by atoms with E-state index >= 15 is 0 Å². The molecule has 0 spiro atoms. The second kappa shape index (κ2) is 8.58. The van der Waals surface area contributed by atoms with Gasteiger partial charge >= 0.3 is 0 Å². The van der Waals surface area contributed by atoms with Crippen LogP contribution in [0.1, 0.15) is 36.0 Å². The number of methoxy groups -OCH3 is 1. The molecule has 8 nitrogen and oxygen atoms in total. The number of carbonyl (C=O) groups excluding carboxylic acids is 2. The zero-order valence-corrected chi connectivity index (χ0v) is 18.2. The zero-order chi connectivity index (χ0) is 22.0. The first-order chi connectivity index (χ1) is 14.9. The first kappa shape index (κ1) is 21.2. The van der Waals surface area contributed by atoms with Crippen molar-refractivity contribution in [1.29, 1.82) is 0 Å². The normalized spacial score (nSPS) is 16.6. The number of hydrogen-bond donors (Lipinski definition) is 1. The molecule has 0 saturated carbocycles. The predicted octanol–water partition coefficient (Wildman–Crippen LogP) is 2.86. The molecule has 0 aliphatic carbocycles. The predicted molar refractivity (Wildman–Crippen MR) is 117 cm³/mol. The second-order valence-electron chi connectivity index (χ2n) is 7.66. The lowest BCUT2D eigenvalue weighted by molar-refractivity contribution is -0.117. The van der Waals surface area contributed by atoms with Gasteiger partial charge in [-0.05, 0) is 61.7 Å². The van der Waals surface area contributed by atoms with Gasteiger partial charge in [0.05, 0.1) is 17.6 Å². The van der Waals surface area contributed by atoms with Gasteiger partial charge in [-0.25, -0.2) is 8.42 Å². The highest BCUT2D eigenvalue weighted by Gasteiger charge is 2.26. The third-order valence-electron chi connectivity index (χ3n) is 5.61. The molecule has 0 atom stereocenters. The smallest absolute Gasteiger partial charge is 0.261 e. The van der Waals surface area contributed by atoms with Crippen molar-refractivity contribution in [3.63, 3.8) is 0 Å². The Hall–Kier alpha value is -3.07. The second-order valence-corrected chi connectivity index (χ2v) is 9.35. The minimum absolute atomic E-state index is 0.0188. The van der Waals surface area contributed by atoms with Crippen LogP contribution in [0.4, 0.5) is 11.4 Å². The summed E-state index contributed by atoms with van der Waals surface area (Å²) in [6.45, 7) is 1.98. The van der Waals surface area contributed by atoms with Crippen molar-refractivity contribution in [3.05, 3.63) is 48.0 Å².